The van der Waals surface area contributed by atoms with Crippen LogP contribution in [0.15, 0.2) is 11.1 Å². The van der Waals surface area contributed by atoms with Crippen LogP contribution >= 0.6 is 0 Å². The Bertz CT molecular complexity index is 375. The molecule has 0 fully saturated rings. The summed E-state index contributed by atoms with van der Waals surface area (Å²) in [5.74, 6) is -0.166. The number of hydrogen-bond donors (Lipinski definition) is 0. The van der Waals surface area contributed by atoms with Gasteiger partial charge in [-0.2, -0.15) is 0 Å². The Labute approximate surface area is 103 Å². The van der Waals surface area contributed by atoms with Crippen molar-refractivity contribution in [3.05, 3.63) is 11.1 Å². The molecule has 17 heavy (non-hydrogen) atoms. The van der Waals surface area contributed by atoms with Gasteiger partial charge in [-0.3, -0.25) is 4.79 Å². The molecule has 0 saturated carbocycles. The van der Waals surface area contributed by atoms with Gasteiger partial charge in [0.05, 0.1) is 0 Å². The molecule has 1 rings (SSSR count). The van der Waals surface area contributed by atoms with Crippen LogP contribution in [-0.4, -0.2) is 30.6 Å². The highest BCUT2D eigenvalue weighted by atomic mass is 16.6. The fraction of sp³-hybridized carbons (Fsp3) is 0.692. The Hall–Kier alpha value is -1.32. The highest BCUT2D eigenvalue weighted by molar-refractivity contribution is 6.03. The van der Waals surface area contributed by atoms with Crippen LogP contribution in [0.25, 0.3) is 0 Å². The zero-order valence-electron chi connectivity index (χ0n) is 11.5. The highest BCUT2D eigenvalue weighted by Gasteiger charge is 2.34. The van der Waals surface area contributed by atoms with Crippen molar-refractivity contribution in [2.75, 3.05) is 13.7 Å². The van der Waals surface area contributed by atoms with E-state index in [2.05, 4.69) is 0 Å². The van der Waals surface area contributed by atoms with Crippen LogP contribution < -0.4 is 0 Å². The number of rotatable bonds is 1. The summed E-state index contributed by atoms with van der Waals surface area (Å²) in [4.78, 5) is 24.8. The molecule has 1 aliphatic rings. The number of nitrogens with zero attached hydrogens (tertiary/aromatic N) is 1. The molecule has 0 aliphatic carbocycles. The smallest absolute Gasteiger partial charge is 0.416 e. The largest absolute Gasteiger partial charge is 0.445 e. The number of amides is 2. The lowest BCUT2D eigenvalue weighted by atomic mass is 9.80. The monoisotopic (exact) mass is 239 g/mol. The minimum absolute atomic E-state index is 0.0775. The summed E-state index contributed by atoms with van der Waals surface area (Å²) in [6, 6.07) is 0. The number of likely N-dealkylation sites (N-methyl/N-ethyl adjacent to an activating group) is 1. The van der Waals surface area contributed by atoms with E-state index in [0.29, 0.717) is 5.57 Å². The number of ether oxygens (including phenoxy) is 1. The summed E-state index contributed by atoms with van der Waals surface area (Å²) >= 11 is 0. The third-order valence-corrected chi connectivity index (χ3v) is 2.96. The van der Waals surface area contributed by atoms with E-state index in [0.717, 1.165) is 10.5 Å². The van der Waals surface area contributed by atoms with Crippen molar-refractivity contribution in [1.82, 2.24) is 4.90 Å². The van der Waals surface area contributed by atoms with Crippen LogP contribution in [-0.2, 0) is 9.53 Å². The van der Waals surface area contributed by atoms with Crippen LogP contribution in [0.4, 0.5) is 4.79 Å². The average Bonchev–Trinajstić information content (AvgIpc) is 2.28. The van der Waals surface area contributed by atoms with Gasteiger partial charge in [0.1, 0.15) is 6.61 Å². The summed E-state index contributed by atoms with van der Waals surface area (Å²) in [5, 5.41) is 0. The first-order valence-electron chi connectivity index (χ1n) is 5.84. The van der Waals surface area contributed by atoms with E-state index in [-0.39, 0.29) is 23.8 Å². The zero-order valence-corrected chi connectivity index (χ0v) is 11.5. The molecule has 0 unspecified atom stereocenters. The second-order valence-corrected chi connectivity index (χ2v) is 5.72. The van der Waals surface area contributed by atoms with Gasteiger partial charge < -0.3 is 4.74 Å². The van der Waals surface area contributed by atoms with E-state index in [1.54, 1.807) is 0 Å². The summed E-state index contributed by atoms with van der Waals surface area (Å²) < 4.78 is 5.11. The minimum atomic E-state index is -0.576. The van der Waals surface area contributed by atoms with Crippen molar-refractivity contribution in [3.8, 4) is 0 Å². The van der Waals surface area contributed by atoms with Gasteiger partial charge in [-0.25, -0.2) is 9.69 Å². The molecule has 0 N–H and O–H groups in total. The topological polar surface area (TPSA) is 46.6 Å². The second kappa shape index (κ2) is 4.51. The summed E-state index contributed by atoms with van der Waals surface area (Å²) in [6.45, 7) is 10.2. The molecule has 0 atom stereocenters. The molecule has 0 radical (unpaired) electrons. The number of hydrogen-bond acceptors (Lipinski definition) is 3. The second-order valence-electron chi connectivity index (χ2n) is 5.72. The Morgan fingerprint density at radius 1 is 1.24 bits per heavy atom. The lowest BCUT2D eigenvalue weighted by Gasteiger charge is -2.25. The Morgan fingerprint density at radius 2 is 1.76 bits per heavy atom. The number of carbonyl (C=O) groups is 2. The maximum Gasteiger partial charge on any atom is 0.416 e. The van der Waals surface area contributed by atoms with E-state index in [9.17, 15) is 9.59 Å². The summed E-state index contributed by atoms with van der Waals surface area (Å²) in [5.41, 5.74) is 1.43. The fourth-order valence-corrected chi connectivity index (χ4v) is 1.92. The molecule has 0 saturated heterocycles. The first kappa shape index (κ1) is 13.7. The summed E-state index contributed by atoms with van der Waals surface area (Å²) in [6.07, 6.45) is -0.576. The van der Waals surface area contributed by atoms with Crippen molar-refractivity contribution in [1.29, 1.82) is 0 Å². The van der Waals surface area contributed by atoms with E-state index in [4.69, 9.17) is 4.74 Å². The molecule has 4 nitrogen and oxygen atoms in total. The van der Waals surface area contributed by atoms with Crippen LogP contribution in [0.5, 0.6) is 0 Å². The minimum Gasteiger partial charge on any atom is -0.445 e. The third-order valence-electron chi connectivity index (χ3n) is 2.96. The molecule has 0 aromatic carbocycles. The van der Waals surface area contributed by atoms with Crippen molar-refractivity contribution >= 4 is 12.0 Å². The SMILES string of the molecule is CC(C)C1=C(C(C)(C)C)COC(=O)N(C)C1=O. The van der Waals surface area contributed by atoms with Gasteiger partial charge in [0, 0.05) is 12.6 Å². The van der Waals surface area contributed by atoms with Crippen LogP contribution in [0, 0.1) is 11.3 Å². The van der Waals surface area contributed by atoms with E-state index in [1.165, 1.54) is 7.05 Å². The van der Waals surface area contributed by atoms with Crippen LogP contribution in [0.3, 0.4) is 0 Å². The number of cyclic esters (lactones) is 1. The molecular weight excluding hydrogens is 218 g/mol. The lowest BCUT2D eigenvalue weighted by molar-refractivity contribution is -0.124. The maximum atomic E-state index is 12.2. The maximum absolute atomic E-state index is 12.2. The quantitative estimate of drug-likeness (QED) is 0.706. The van der Waals surface area contributed by atoms with E-state index < -0.39 is 6.09 Å². The van der Waals surface area contributed by atoms with Gasteiger partial charge in [-0.15, -0.1) is 0 Å². The van der Waals surface area contributed by atoms with Gasteiger partial charge in [0.2, 0.25) is 0 Å². The van der Waals surface area contributed by atoms with Crippen molar-refractivity contribution in [3.63, 3.8) is 0 Å². The van der Waals surface area contributed by atoms with Gasteiger partial charge in [0.15, 0.2) is 0 Å². The number of carbonyl (C=O) groups excluding carboxylic acids is 2. The standard InChI is InChI=1S/C13H21NO3/c1-8(2)10-9(13(3,4)5)7-17-12(16)14(6)11(10)15/h8H,7H2,1-6H3. The van der Waals surface area contributed by atoms with E-state index in [1.807, 2.05) is 34.6 Å². The van der Waals surface area contributed by atoms with Gasteiger partial charge >= 0.3 is 6.09 Å². The highest BCUT2D eigenvalue weighted by Crippen LogP contribution is 2.33. The van der Waals surface area contributed by atoms with Gasteiger partial charge in [-0.1, -0.05) is 34.6 Å². The molecule has 0 spiro atoms. The van der Waals surface area contributed by atoms with Crippen molar-refractivity contribution < 1.29 is 14.3 Å². The van der Waals surface area contributed by atoms with Gasteiger partial charge in [0.25, 0.3) is 5.91 Å². The average molecular weight is 239 g/mol. The molecule has 0 aromatic rings. The molecule has 1 aliphatic heterocycles. The third kappa shape index (κ3) is 2.68. The lowest BCUT2D eigenvalue weighted by Crippen LogP contribution is -2.34. The predicted octanol–water partition coefficient (Wildman–Crippen LogP) is 2.59. The molecular formula is C13H21NO3. The molecule has 2 amide bonds. The van der Waals surface area contributed by atoms with Crippen molar-refractivity contribution in [2.24, 2.45) is 11.3 Å². The number of imide groups is 1. The van der Waals surface area contributed by atoms with Crippen molar-refractivity contribution in [2.45, 2.75) is 34.6 Å². The molecule has 0 aromatic heterocycles. The zero-order chi connectivity index (χ0) is 13.4. The summed E-state index contributed by atoms with van der Waals surface area (Å²) in [7, 11) is 1.46. The first-order valence-corrected chi connectivity index (χ1v) is 5.84. The predicted molar refractivity (Wildman–Crippen MR) is 65.4 cm³/mol. The van der Waals surface area contributed by atoms with Crippen LogP contribution in [0.1, 0.15) is 34.6 Å². The van der Waals surface area contributed by atoms with Crippen LogP contribution in [0.2, 0.25) is 0 Å². The fourth-order valence-electron chi connectivity index (χ4n) is 1.92. The normalized spacial score (nSPS) is 18.6. The van der Waals surface area contributed by atoms with E-state index >= 15 is 0 Å². The Kier molecular flexibility index (Phi) is 3.65. The molecule has 96 valence electrons. The molecule has 4 heteroatoms. The molecule has 1 heterocycles. The van der Waals surface area contributed by atoms with Gasteiger partial charge in [-0.05, 0) is 16.9 Å². The Morgan fingerprint density at radius 3 is 2.18 bits per heavy atom. The first-order chi connectivity index (χ1) is 7.66. The Balaban J connectivity index is 3.35. The molecule has 0 bridgehead atoms.